The molecule has 1 amide bonds. The predicted octanol–water partition coefficient (Wildman–Crippen LogP) is 2.46. The van der Waals surface area contributed by atoms with Crippen LogP contribution in [0.15, 0.2) is 54.9 Å². The van der Waals surface area contributed by atoms with Gasteiger partial charge in [-0.1, -0.05) is 18.2 Å². The molecule has 0 aliphatic heterocycles. The smallest absolute Gasteiger partial charge is 0.254 e. The lowest BCUT2D eigenvalue weighted by Gasteiger charge is -2.21. The summed E-state index contributed by atoms with van der Waals surface area (Å²) >= 11 is 0. The topological polar surface area (TPSA) is 63.9 Å². The van der Waals surface area contributed by atoms with Crippen molar-refractivity contribution < 1.29 is 9.18 Å². The van der Waals surface area contributed by atoms with Gasteiger partial charge >= 0.3 is 0 Å². The highest BCUT2D eigenvalue weighted by atomic mass is 19.1. The minimum absolute atomic E-state index is 0.128. The largest absolute Gasteiger partial charge is 0.335 e. The molecule has 24 heavy (non-hydrogen) atoms. The average molecular weight is 325 g/mol. The molecule has 0 aliphatic rings. The second-order valence-corrected chi connectivity index (χ2v) is 5.25. The molecule has 0 aliphatic carbocycles. The van der Waals surface area contributed by atoms with Crippen molar-refractivity contribution >= 4 is 5.91 Å². The number of nitrogens with zero attached hydrogens (tertiary/aromatic N) is 5. The van der Waals surface area contributed by atoms with Crippen LogP contribution in [0.25, 0.3) is 5.69 Å². The SMILES string of the molecule is CCN(Cc1cccc(F)c1)C(=O)c1cccc(-n2cnnn2)c1. The number of benzene rings is 2. The van der Waals surface area contributed by atoms with Crippen molar-refractivity contribution in [2.24, 2.45) is 0 Å². The number of hydrogen-bond donors (Lipinski definition) is 0. The van der Waals surface area contributed by atoms with Gasteiger partial charge in [-0.05, 0) is 53.2 Å². The van der Waals surface area contributed by atoms with Crippen molar-refractivity contribution in [2.45, 2.75) is 13.5 Å². The van der Waals surface area contributed by atoms with Crippen LogP contribution in [0.2, 0.25) is 0 Å². The molecule has 0 saturated heterocycles. The summed E-state index contributed by atoms with van der Waals surface area (Å²) in [6.07, 6.45) is 1.47. The molecule has 0 unspecified atom stereocenters. The van der Waals surface area contributed by atoms with Crippen LogP contribution in [0, 0.1) is 5.82 Å². The number of rotatable bonds is 5. The first-order valence-corrected chi connectivity index (χ1v) is 7.54. The van der Waals surface area contributed by atoms with Crippen molar-refractivity contribution in [3.8, 4) is 5.69 Å². The molecule has 0 saturated carbocycles. The number of aromatic nitrogens is 4. The third-order valence-electron chi connectivity index (χ3n) is 3.64. The highest BCUT2D eigenvalue weighted by molar-refractivity contribution is 5.94. The van der Waals surface area contributed by atoms with Gasteiger partial charge in [0.2, 0.25) is 0 Å². The number of carbonyl (C=O) groups excluding carboxylic acids is 1. The van der Waals surface area contributed by atoms with Crippen LogP contribution >= 0.6 is 0 Å². The van der Waals surface area contributed by atoms with Crippen molar-refractivity contribution in [3.63, 3.8) is 0 Å². The number of amides is 1. The summed E-state index contributed by atoms with van der Waals surface area (Å²) in [6, 6.07) is 13.3. The summed E-state index contributed by atoms with van der Waals surface area (Å²) in [5.41, 5.74) is 1.98. The van der Waals surface area contributed by atoms with Gasteiger partial charge in [-0.2, -0.15) is 0 Å². The molecule has 1 heterocycles. The highest BCUT2D eigenvalue weighted by Gasteiger charge is 2.15. The maximum atomic E-state index is 13.3. The Morgan fingerprint density at radius 2 is 2.04 bits per heavy atom. The lowest BCUT2D eigenvalue weighted by Crippen LogP contribution is -2.30. The normalized spacial score (nSPS) is 10.6. The van der Waals surface area contributed by atoms with E-state index in [1.165, 1.54) is 23.1 Å². The minimum atomic E-state index is -0.309. The second kappa shape index (κ2) is 6.99. The van der Waals surface area contributed by atoms with Crippen LogP contribution in [-0.4, -0.2) is 37.6 Å². The lowest BCUT2D eigenvalue weighted by molar-refractivity contribution is 0.0752. The first-order chi connectivity index (χ1) is 11.7. The van der Waals surface area contributed by atoms with Crippen LogP contribution < -0.4 is 0 Å². The number of carbonyl (C=O) groups is 1. The molecule has 0 bridgehead atoms. The zero-order valence-corrected chi connectivity index (χ0v) is 13.1. The Bertz CT molecular complexity index is 835. The summed E-state index contributed by atoms with van der Waals surface area (Å²) < 4.78 is 14.8. The fourth-order valence-electron chi connectivity index (χ4n) is 2.43. The lowest BCUT2D eigenvalue weighted by atomic mass is 10.1. The Hall–Kier alpha value is -3.09. The van der Waals surface area contributed by atoms with Crippen LogP contribution in [0.4, 0.5) is 4.39 Å². The number of halogens is 1. The van der Waals surface area contributed by atoms with E-state index in [0.29, 0.717) is 24.3 Å². The minimum Gasteiger partial charge on any atom is -0.335 e. The first-order valence-electron chi connectivity index (χ1n) is 7.54. The third kappa shape index (κ3) is 3.45. The molecule has 0 radical (unpaired) electrons. The standard InChI is InChI=1S/C17H16FN5O/c1-2-22(11-13-5-3-7-15(18)9-13)17(24)14-6-4-8-16(10-14)23-12-19-20-21-23/h3-10,12H,2,11H2,1H3. The monoisotopic (exact) mass is 325 g/mol. The van der Waals surface area contributed by atoms with Gasteiger partial charge in [-0.15, -0.1) is 5.10 Å². The van der Waals surface area contributed by atoms with Crippen LogP contribution in [0.3, 0.4) is 0 Å². The second-order valence-electron chi connectivity index (χ2n) is 5.25. The van der Waals surface area contributed by atoms with Gasteiger partial charge in [0.05, 0.1) is 5.69 Å². The Balaban J connectivity index is 1.82. The zero-order valence-electron chi connectivity index (χ0n) is 13.1. The van der Waals surface area contributed by atoms with Gasteiger partial charge in [-0.3, -0.25) is 4.79 Å². The molecule has 0 atom stereocenters. The highest BCUT2D eigenvalue weighted by Crippen LogP contribution is 2.14. The summed E-state index contributed by atoms with van der Waals surface area (Å²) in [7, 11) is 0. The molecule has 6 nitrogen and oxygen atoms in total. The van der Waals surface area contributed by atoms with E-state index in [1.807, 2.05) is 13.0 Å². The molecule has 7 heteroatoms. The van der Waals surface area contributed by atoms with Gasteiger partial charge in [0, 0.05) is 18.7 Å². The van der Waals surface area contributed by atoms with E-state index in [0.717, 1.165) is 5.56 Å². The van der Waals surface area contributed by atoms with E-state index < -0.39 is 0 Å². The first kappa shape index (κ1) is 15.8. The van der Waals surface area contributed by atoms with Gasteiger partial charge in [0.15, 0.2) is 0 Å². The van der Waals surface area contributed by atoms with Gasteiger partial charge in [0.1, 0.15) is 12.1 Å². The van der Waals surface area contributed by atoms with E-state index in [9.17, 15) is 9.18 Å². The number of hydrogen-bond acceptors (Lipinski definition) is 4. The van der Waals surface area contributed by atoms with E-state index in [1.54, 1.807) is 35.2 Å². The molecule has 3 aromatic rings. The summed E-state index contributed by atoms with van der Waals surface area (Å²) in [4.78, 5) is 14.4. The summed E-state index contributed by atoms with van der Waals surface area (Å²) in [5.74, 6) is -0.437. The van der Waals surface area contributed by atoms with Gasteiger partial charge in [0.25, 0.3) is 5.91 Å². The van der Waals surface area contributed by atoms with Gasteiger partial charge < -0.3 is 4.90 Å². The van der Waals surface area contributed by atoms with Crippen molar-refractivity contribution in [3.05, 3.63) is 71.8 Å². The summed E-state index contributed by atoms with van der Waals surface area (Å²) in [5, 5.41) is 11.0. The Kier molecular flexibility index (Phi) is 4.60. The molecule has 0 spiro atoms. The molecule has 0 fully saturated rings. The van der Waals surface area contributed by atoms with Crippen molar-refractivity contribution in [2.75, 3.05) is 6.54 Å². The van der Waals surface area contributed by atoms with Crippen molar-refractivity contribution in [1.29, 1.82) is 0 Å². The maximum absolute atomic E-state index is 13.3. The molecular weight excluding hydrogens is 309 g/mol. The Morgan fingerprint density at radius 1 is 1.21 bits per heavy atom. The van der Waals surface area contributed by atoms with Gasteiger partial charge in [-0.25, -0.2) is 9.07 Å². The van der Waals surface area contributed by atoms with Crippen LogP contribution in [-0.2, 0) is 6.54 Å². The average Bonchev–Trinajstić information content (AvgIpc) is 3.14. The van der Waals surface area contributed by atoms with Crippen LogP contribution in [0.1, 0.15) is 22.8 Å². The molecule has 3 rings (SSSR count). The third-order valence-corrected chi connectivity index (χ3v) is 3.64. The fraction of sp³-hybridized carbons (Fsp3) is 0.176. The molecule has 1 aromatic heterocycles. The quantitative estimate of drug-likeness (QED) is 0.723. The van der Waals surface area contributed by atoms with E-state index >= 15 is 0 Å². The number of tetrazole rings is 1. The predicted molar refractivity (Wildman–Crippen MR) is 86.0 cm³/mol. The van der Waals surface area contributed by atoms with Crippen molar-refractivity contribution in [1.82, 2.24) is 25.1 Å². The molecule has 122 valence electrons. The molecule has 2 aromatic carbocycles. The fourth-order valence-corrected chi connectivity index (χ4v) is 2.43. The van der Waals surface area contributed by atoms with E-state index in [4.69, 9.17) is 0 Å². The van der Waals surface area contributed by atoms with E-state index in [-0.39, 0.29) is 11.7 Å². The maximum Gasteiger partial charge on any atom is 0.254 e. The Morgan fingerprint density at radius 3 is 2.75 bits per heavy atom. The summed E-state index contributed by atoms with van der Waals surface area (Å²) in [6.45, 7) is 2.76. The van der Waals surface area contributed by atoms with Crippen LogP contribution in [0.5, 0.6) is 0 Å². The van der Waals surface area contributed by atoms with E-state index in [2.05, 4.69) is 15.5 Å². The zero-order chi connectivity index (χ0) is 16.9. The Labute approximate surface area is 138 Å². The molecular formula is C17H16FN5O. The molecule has 0 N–H and O–H groups in total.